The second kappa shape index (κ2) is 6.76. The zero-order valence-electron chi connectivity index (χ0n) is 12.0. The van der Waals surface area contributed by atoms with Gasteiger partial charge in [-0.2, -0.15) is 0 Å². The molecule has 0 spiro atoms. The number of ether oxygens (including phenoxy) is 1. The molecule has 0 saturated carbocycles. The van der Waals surface area contributed by atoms with Crippen LogP contribution in [0, 0.1) is 23.4 Å². The van der Waals surface area contributed by atoms with Crippen LogP contribution >= 0.6 is 11.6 Å². The van der Waals surface area contributed by atoms with Crippen LogP contribution in [-0.4, -0.2) is 18.1 Å². The number of hydrogen-bond acceptors (Lipinski definition) is 3. The van der Waals surface area contributed by atoms with Crippen molar-refractivity contribution >= 4 is 11.6 Å². The van der Waals surface area contributed by atoms with Crippen LogP contribution in [0.2, 0.25) is 5.02 Å². The summed E-state index contributed by atoms with van der Waals surface area (Å²) in [7, 11) is 0. The first kappa shape index (κ1) is 16.1. The van der Waals surface area contributed by atoms with Gasteiger partial charge in [-0.3, -0.25) is 4.98 Å². The van der Waals surface area contributed by atoms with Crippen molar-refractivity contribution in [1.82, 2.24) is 10.3 Å². The Hall–Kier alpha value is -1.79. The van der Waals surface area contributed by atoms with Crippen molar-refractivity contribution in [3.8, 4) is 5.75 Å². The highest BCUT2D eigenvalue weighted by molar-refractivity contribution is 6.30. The maximum absolute atomic E-state index is 13.9. The summed E-state index contributed by atoms with van der Waals surface area (Å²) in [6.07, 6.45) is 3.16. The minimum absolute atomic E-state index is 0.000815. The van der Waals surface area contributed by atoms with E-state index in [9.17, 15) is 13.2 Å². The molecule has 0 radical (unpaired) electrons. The molecule has 1 saturated heterocycles. The van der Waals surface area contributed by atoms with Gasteiger partial charge >= 0.3 is 0 Å². The van der Waals surface area contributed by atoms with Gasteiger partial charge in [-0.1, -0.05) is 11.6 Å². The van der Waals surface area contributed by atoms with E-state index in [-0.39, 0.29) is 5.92 Å². The first-order valence-electron chi connectivity index (χ1n) is 7.17. The van der Waals surface area contributed by atoms with Crippen LogP contribution in [-0.2, 0) is 0 Å². The molecule has 23 heavy (non-hydrogen) atoms. The van der Waals surface area contributed by atoms with E-state index in [4.69, 9.17) is 16.3 Å². The predicted molar refractivity (Wildman–Crippen MR) is 79.9 cm³/mol. The molecule has 2 heterocycles. The van der Waals surface area contributed by atoms with Gasteiger partial charge in [0.25, 0.3) is 0 Å². The Balaban J connectivity index is 1.96. The summed E-state index contributed by atoms with van der Waals surface area (Å²) in [4.78, 5) is 4.00. The summed E-state index contributed by atoms with van der Waals surface area (Å²) in [5.74, 6) is -3.74. The lowest BCUT2D eigenvalue weighted by Gasteiger charge is -2.25. The number of hydrogen-bond donors (Lipinski definition) is 1. The number of aromatic nitrogens is 1. The topological polar surface area (TPSA) is 34.1 Å². The Morgan fingerprint density at radius 1 is 1.17 bits per heavy atom. The molecule has 122 valence electrons. The molecule has 0 unspecified atom stereocenters. The van der Waals surface area contributed by atoms with Crippen LogP contribution in [0.15, 0.2) is 30.6 Å². The van der Waals surface area contributed by atoms with Gasteiger partial charge in [-0.15, -0.1) is 0 Å². The average Bonchev–Trinajstić information content (AvgIpc) is 3.00. The summed E-state index contributed by atoms with van der Waals surface area (Å²) >= 11 is 5.95. The van der Waals surface area contributed by atoms with Crippen molar-refractivity contribution in [3.05, 3.63) is 58.6 Å². The first-order valence-corrected chi connectivity index (χ1v) is 7.55. The molecule has 1 aromatic carbocycles. The Morgan fingerprint density at radius 2 is 1.91 bits per heavy atom. The molecular weight excluding hydrogens is 329 g/mol. The molecule has 1 aromatic heterocycles. The van der Waals surface area contributed by atoms with E-state index in [1.54, 1.807) is 12.3 Å². The van der Waals surface area contributed by atoms with E-state index in [2.05, 4.69) is 10.3 Å². The number of nitrogens with one attached hydrogen (secondary N) is 1. The fourth-order valence-electron chi connectivity index (χ4n) is 2.72. The fourth-order valence-corrected chi connectivity index (χ4v) is 2.91. The van der Waals surface area contributed by atoms with Crippen molar-refractivity contribution in [3.63, 3.8) is 0 Å². The number of rotatable bonds is 4. The van der Waals surface area contributed by atoms with Crippen LogP contribution in [0.3, 0.4) is 0 Å². The fraction of sp³-hybridized carbons (Fsp3) is 0.312. The molecule has 1 aliphatic heterocycles. The van der Waals surface area contributed by atoms with Crippen LogP contribution < -0.4 is 10.1 Å². The second-order valence-electron chi connectivity index (χ2n) is 5.43. The van der Waals surface area contributed by atoms with Gasteiger partial charge in [0.05, 0.1) is 5.02 Å². The molecule has 1 fully saturated rings. The highest BCUT2D eigenvalue weighted by Gasteiger charge is 2.30. The first-order chi connectivity index (χ1) is 11.0. The molecule has 1 N–H and O–H groups in total. The van der Waals surface area contributed by atoms with Crippen LogP contribution in [0.5, 0.6) is 5.75 Å². The zero-order valence-corrected chi connectivity index (χ0v) is 12.8. The molecule has 3 nitrogen and oxygen atoms in total. The van der Waals surface area contributed by atoms with Crippen molar-refractivity contribution in [2.75, 3.05) is 13.1 Å². The van der Waals surface area contributed by atoms with Gasteiger partial charge < -0.3 is 10.1 Å². The van der Waals surface area contributed by atoms with Gasteiger partial charge in [0.2, 0.25) is 0 Å². The zero-order chi connectivity index (χ0) is 16.4. The molecule has 2 atom stereocenters. The second-order valence-corrected chi connectivity index (χ2v) is 5.86. The van der Waals surface area contributed by atoms with Gasteiger partial charge in [-0.25, -0.2) is 13.2 Å². The maximum Gasteiger partial charge on any atom is 0.191 e. The summed E-state index contributed by atoms with van der Waals surface area (Å²) in [6, 6.07) is 2.84. The molecule has 7 heteroatoms. The molecule has 0 amide bonds. The standard InChI is InChI=1S/C16H14ClF3N2O/c17-11-3-10(7-22-8-11)15(9-1-2-21-6-9)23-16-13(19)4-12(18)5-14(16)20/h3-5,7-9,15,21H,1-2,6H2/t9-,15+/m0/s1. The van der Waals surface area contributed by atoms with Crippen molar-refractivity contribution < 1.29 is 17.9 Å². The minimum atomic E-state index is -1.08. The summed E-state index contributed by atoms with van der Waals surface area (Å²) in [6.45, 7) is 1.43. The minimum Gasteiger partial charge on any atom is -0.479 e. The number of benzene rings is 1. The summed E-state index contributed by atoms with van der Waals surface area (Å²) < 4.78 is 46.4. The van der Waals surface area contributed by atoms with Gasteiger partial charge in [0.1, 0.15) is 11.9 Å². The third kappa shape index (κ3) is 3.59. The lowest BCUT2D eigenvalue weighted by molar-refractivity contribution is 0.131. The summed E-state index contributed by atoms with van der Waals surface area (Å²) in [5, 5.41) is 3.59. The SMILES string of the molecule is Fc1cc(F)c(O[C@@H](c2cncc(Cl)c2)[C@H]2CCNC2)c(F)c1. The molecule has 0 aliphatic carbocycles. The number of nitrogens with zero attached hydrogens (tertiary/aromatic N) is 1. The molecule has 2 aromatic rings. The Bertz CT molecular complexity index is 684. The quantitative estimate of drug-likeness (QED) is 0.915. The molecule has 1 aliphatic rings. The molecule has 0 bridgehead atoms. The normalized spacial score (nSPS) is 18.9. The van der Waals surface area contributed by atoms with Crippen LogP contribution in [0.1, 0.15) is 18.1 Å². The summed E-state index contributed by atoms with van der Waals surface area (Å²) in [5.41, 5.74) is 0.620. The third-order valence-corrected chi connectivity index (χ3v) is 4.00. The lowest BCUT2D eigenvalue weighted by atomic mass is 9.96. The van der Waals surface area contributed by atoms with E-state index in [0.717, 1.165) is 13.0 Å². The van der Waals surface area contributed by atoms with Crippen LogP contribution in [0.25, 0.3) is 0 Å². The Kier molecular flexibility index (Phi) is 4.73. The van der Waals surface area contributed by atoms with Gasteiger partial charge in [0, 0.05) is 42.6 Å². The van der Waals surface area contributed by atoms with Crippen molar-refractivity contribution in [1.29, 1.82) is 0 Å². The highest BCUT2D eigenvalue weighted by atomic mass is 35.5. The largest absolute Gasteiger partial charge is 0.479 e. The van der Waals surface area contributed by atoms with Crippen molar-refractivity contribution in [2.24, 2.45) is 5.92 Å². The maximum atomic E-state index is 13.9. The predicted octanol–water partition coefficient (Wildman–Crippen LogP) is 3.88. The smallest absolute Gasteiger partial charge is 0.191 e. The number of pyridine rings is 1. The highest BCUT2D eigenvalue weighted by Crippen LogP contribution is 2.35. The van der Waals surface area contributed by atoms with Gasteiger partial charge in [-0.05, 0) is 19.0 Å². The Labute approximate surface area is 136 Å². The molecule has 3 rings (SSSR count). The third-order valence-electron chi connectivity index (χ3n) is 3.79. The van der Waals surface area contributed by atoms with E-state index < -0.39 is 29.3 Å². The van der Waals surface area contributed by atoms with Crippen molar-refractivity contribution in [2.45, 2.75) is 12.5 Å². The van der Waals surface area contributed by atoms with E-state index in [1.807, 2.05) is 0 Å². The van der Waals surface area contributed by atoms with E-state index >= 15 is 0 Å². The number of halogens is 4. The van der Waals surface area contributed by atoms with E-state index in [0.29, 0.717) is 29.3 Å². The average molecular weight is 343 g/mol. The molecular formula is C16H14ClF3N2O. The van der Waals surface area contributed by atoms with Crippen LogP contribution in [0.4, 0.5) is 13.2 Å². The van der Waals surface area contributed by atoms with E-state index in [1.165, 1.54) is 6.20 Å². The monoisotopic (exact) mass is 342 g/mol. The van der Waals surface area contributed by atoms with Gasteiger partial charge in [0.15, 0.2) is 17.4 Å². The lowest BCUT2D eigenvalue weighted by Crippen LogP contribution is -2.22. The Morgan fingerprint density at radius 3 is 2.52 bits per heavy atom.